The van der Waals surface area contributed by atoms with Crippen molar-refractivity contribution in [3.63, 3.8) is 0 Å². The highest BCUT2D eigenvalue weighted by Crippen LogP contribution is 2.24. The first-order valence-electron chi connectivity index (χ1n) is 10.3. The van der Waals surface area contributed by atoms with E-state index in [2.05, 4.69) is 36.9 Å². The Morgan fingerprint density at radius 2 is 2.00 bits per heavy atom. The smallest absolute Gasteiger partial charge is 0.251 e. The Hall–Kier alpha value is -2.83. The Balaban J connectivity index is 1.38. The summed E-state index contributed by atoms with van der Waals surface area (Å²) in [6.07, 6.45) is 6.10. The highest BCUT2D eigenvalue weighted by molar-refractivity contribution is 5.63. The summed E-state index contributed by atoms with van der Waals surface area (Å²) in [4.78, 5) is 29.1. The monoisotopic (exact) mass is 387 g/mol. The van der Waals surface area contributed by atoms with Crippen LogP contribution in [-0.4, -0.2) is 57.0 Å². The third-order valence-electron chi connectivity index (χ3n) is 5.98. The number of fused-ring (bicyclic) bond motifs is 1. The Bertz CT molecular complexity index is 1050. The van der Waals surface area contributed by atoms with Crippen molar-refractivity contribution in [3.05, 3.63) is 70.8 Å². The predicted molar refractivity (Wildman–Crippen MR) is 113 cm³/mol. The second-order valence-corrected chi connectivity index (χ2v) is 7.99. The molecule has 3 aromatic rings. The first kappa shape index (κ1) is 18.2. The maximum atomic E-state index is 12.2. The molecule has 29 heavy (non-hydrogen) atoms. The SMILES string of the molecule is O=c1cc(-c2cccnc2)nc(-c2cccc(CN3CCN4CCC[C@H]4C3)c2)[nH]1. The number of H-pyrrole nitrogens is 1. The first-order valence-corrected chi connectivity index (χ1v) is 10.3. The zero-order valence-electron chi connectivity index (χ0n) is 16.4. The third-order valence-corrected chi connectivity index (χ3v) is 5.98. The number of nitrogens with zero attached hydrogens (tertiary/aromatic N) is 4. The molecule has 2 aromatic heterocycles. The lowest BCUT2D eigenvalue weighted by molar-refractivity contribution is 0.0994. The Morgan fingerprint density at radius 3 is 2.90 bits per heavy atom. The molecule has 1 aromatic carbocycles. The van der Waals surface area contributed by atoms with Gasteiger partial charge in [0.05, 0.1) is 5.69 Å². The molecule has 0 saturated carbocycles. The van der Waals surface area contributed by atoms with E-state index in [9.17, 15) is 4.79 Å². The molecule has 2 aliphatic rings. The fourth-order valence-electron chi connectivity index (χ4n) is 4.53. The van der Waals surface area contributed by atoms with E-state index in [-0.39, 0.29) is 5.56 Å². The molecule has 6 nitrogen and oxygen atoms in total. The van der Waals surface area contributed by atoms with Crippen LogP contribution in [0.4, 0.5) is 0 Å². The quantitative estimate of drug-likeness (QED) is 0.746. The van der Waals surface area contributed by atoms with Gasteiger partial charge in [-0.25, -0.2) is 4.98 Å². The number of rotatable bonds is 4. The number of aromatic amines is 1. The number of hydrogen-bond acceptors (Lipinski definition) is 5. The standard InChI is InChI=1S/C23H25N5O/c29-22-13-21(19-6-2-8-24-14-19)25-23(26-22)18-5-1-4-17(12-18)15-27-10-11-28-9-3-7-20(28)16-27/h1-2,4-6,8,12-14,20H,3,7,9-11,15-16H2,(H,25,26,29)/t20-/m0/s1. The fourth-order valence-corrected chi connectivity index (χ4v) is 4.53. The van der Waals surface area contributed by atoms with Crippen molar-refractivity contribution in [1.29, 1.82) is 0 Å². The Labute approximate surface area is 170 Å². The second kappa shape index (κ2) is 7.89. The number of nitrogens with one attached hydrogen (secondary N) is 1. The normalized spacial score (nSPS) is 19.9. The van der Waals surface area contributed by atoms with Gasteiger partial charge in [0.1, 0.15) is 5.82 Å². The van der Waals surface area contributed by atoms with Crippen LogP contribution in [0.1, 0.15) is 18.4 Å². The summed E-state index contributed by atoms with van der Waals surface area (Å²) in [5.41, 5.74) is 3.51. The van der Waals surface area contributed by atoms with Gasteiger partial charge in [0.25, 0.3) is 5.56 Å². The number of hydrogen-bond donors (Lipinski definition) is 1. The van der Waals surface area contributed by atoms with Gasteiger partial charge in [0.2, 0.25) is 0 Å². The molecule has 5 rings (SSSR count). The molecule has 148 valence electrons. The molecule has 0 unspecified atom stereocenters. The van der Waals surface area contributed by atoms with E-state index in [1.807, 2.05) is 24.3 Å². The molecule has 0 radical (unpaired) electrons. The van der Waals surface area contributed by atoms with E-state index < -0.39 is 0 Å². The first-order chi connectivity index (χ1) is 14.2. The zero-order chi connectivity index (χ0) is 19.6. The average Bonchev–Trinajstić information content (AvgIpc) is 3.22. The molecule has 2 fully saturated rings. The molecule has 0 spiro atoms. The summed E-state index contributed by atoms with van der Waals surface area (Å²) in [6, 6.07) is 14.4. The number of aromatic nitrogens is 3. The minimum absolute atomic E-state index is 0.156. The van der Waals surface area contributed by atoms with Crippen LogP contribution in [0.15, 0.2) is 59.7 Å². The van der Waals surface area contributed by atoms with E-state index in [0.29, 0.717) is 11.5 Å². The highest BCUT2D eigenvalue weighted by Gasteiger charge is 2.30. The minimum atomic E-state index is -0.156. The van der Waals surface area contributed by atoms with Crippen LogP contribution in [0.3, 0.4) is 0 Å². The maximum Gasteiger partial charge on any atom is 0.251 e. The van der Waals surface area contributed by atoms with Crippen molar-refractivity contribution in [3.8, 4) is 22.6 Å². The van der Waals surface area contributed by atoms with Crippen molar-refractivity contribution in [2.24, 2.45) is 0 Å². The topological polar surface area (TPSA) is 65.1 Å². The van der Waals surface area contributed by atoms with Gasteiger partial charge in [-0.05, 0) is 43.1 Å². The minimum Gasteiger partial charge on any atom is -0.306 e. The van der Waals surface area contributed by atoms with Gasteiger partial charge in [0.15, 0.2) is 0 Å². The van der Waals surface area contributed by atoms with E-state index in [1.54, 1.807) is 12.4 Å². The fraction of sp³-hybridized carbons (Fsp3) is 0.348. The zero-order valence-corrected chi connectivity index (χ0v) is 16.4. The molecule has 6 heteroatoms. The summed E-state index contributed by atoms with van der Waals surface area (Å²) >= 11 is 0. The third kappa shape index (κ3) is 3.99. The van der Waals surface area contributed by atoms with Gasteiger partial charge in [-0.1, -0.05) is 18.2 Å². The number of piperazine rings is 1. The summed E-state index contributed by atoms with van der Waals surface area (Å²) in [7, 11) is 0. The largest absolute Gasteiger partial charge is 0.306 e. The van der Waals surface area contributed by atoms with Crippen molar-refractivity contribution >= 4 is 0 Å². The molecule has 2 aliphatic heterocycles. The lowest BCUT2D eigenvalue weighted by Crippen LogP contribution is -2.49. The molecule has 0 amide bonds. The van der Waals surface area contributed by atoms with Gasteiger partial charge >= 0.3 is 0 Å². The molecule has 2 saturated heterocycles. The van der Waals surface area contributed by atoms with E-state index in [0.717, 1.165) is 36.8 Å². The molecule has 4 heterocycles. The van der Waals surface area contributed by atoms with Gasteiger partial charge in [0, 0.05) is 61.8 Å². The van der Waals surface area contributed by atoms with Crippen LogP contribution in [0, 0.1) is 0 Å². The molecular weight excluding hydrogens is 362 g/mol. The van der Waals surface area contributed by atoms with E-state index in [1.165, 1.54) is 37.6 Å². The van der Waals surface area contributed by atoms with Crippen LogP contribution in [0.5, 0.6) is 0 Å². The summed E-state index contributed by atoms with van der Waals surface area (Å²) < 4.78 is 0. The summed E-state index contributed by atoms with van der Waals surface area (Å²) in [6.45, 7) is 5.64. The highest BCUT2D eigenvalue weighted by atomic mass is 16.1. The van der Waals surface area contributed by atoms with Crippen LogP contribution in [0.25, 0.3) is 22.6 Å². The maximum absolute atomic E-state index is 12.2. The summed E-state index contributed by atoms with van der Waals surface area (Å²) in [5, 5.41) is 0. The Kier molecular flexibility index (Phi) is 4.96. The van der Waals surface area contributed by atoms with E-state index in [4.69, 9.17) is 0 Å². The van der Waals surface area contributed by atoms with Crippen molar-refractivity contribution in [2.75, 3.05) is 26.2 Å². The van der Waals surface area contributed by atoms with Crippen LogP contribution >= 0.6 is 0 Å². The summed E-state index contributed by atoms with van der Waals surface area (Å²) in [5.74, 6) is 0.596. The van der Waals surface area contributed by atoms with Crippen molar-refractivity contribution in [1.82, 2.24) is 24.8 Å². The number of pyridine rings is 1. The van der Waals surface area contributed by atoms with E-state index >= 15 is 0 Å². The van der Waals surface area contributed by atoms with Gasteiger partial charge < -0.3 is 4.98 Å². The molecule has 1 atom stereocenters. The van der Waals surface area contributed by atoms with Crippen molar-refractivity contribution in [2.45, 2.75) is 25.4 Å². The second-order valence-electron chi connectivity index (χ2n) is 7.99. The van der Waals surface area contributed by atoms with Crippen molar-refractivity contribution < 1.29 is 0 Å². The molecular formula is C23H25N5O. The van der Waals surface area contributed by atoms with Gasteiger partial charge in [-0.3, -0.25) is 19.6 Å². The molecule has 0 bridgehead atoms. The van der Waals surface area contributed by atoms with Gasteiger partial charge in [-0.2, -0.15) is 0 Å². The average molecular weight is 387 g/mol. The van der Waals surface area contributed by atoms with Crippen LogP contribution in [-0.2, 0) is 6.54 Å². The predicted octanol–water partition coefficient (Wildman–Crippen LogP) is 2.78. The van der Waals surface area contributed by atoms with Crippen LogP contribution in [0.2, 0.25) is 0 Å². The van der Waals surface area contributed by atoms with Gasteiger partial charge in [-0.15, -0.1) is 0 Å². The lowest BCUT2D eigenvalue weighted by atomic mass is 10.1. The van der Waals surface area contributed by atoms with Crippen LogP contribution < -0.4 is 5.56 Å². The molecule has 0 aliphatic carbocycles. The Morgan fingerprint density at radius 1 is 1.07 bits per heavy atom. The molecule has 1 N–H and O–H groups in total. The lowest BCUT2D eigenvalue weighted by Gasteiger charge is -2.37. The number of benzene rings is 1.